The van der Waals surface area contributed by atoms with E-state index in [1.165, 1.54) is 36.4 Å². The molecule has 0 atom stereocenters. The monoisotopic (exact) mass is 350 g/mol. The molecular formula is C16H12F2N2O5. The van der Waals surface area contributed by atoms with E-state index in [1.807, 2.05) is 0 Å². The van der Waals surface area contributed by atoms with Crippen LogP contribution in [0.25, 0.3) is 0 Å². The average molecular weight is 350 g/mol. The number of amides is 2. The zero-order valence-corrected chi connectivity index (χ0v) is 12.6. The summed E-state index contributed by atoms with van der Waals surface area (Å²) in [6.07, 6.45) is 0. The molecule has 2 amide bonds. The average Bonchev–Trinajstić information content (AvgIpc) is 3.07. The third-order valence-corrected chi connectivity index (χ3v) is 3.27. The molecule has 130 valence electrons. The molecule has 0 aliphatic carbocycles. The van der Waals surface area contributed by atoms with Crippen molar-refractivity contribution in [3.05, 3.63) is 53.6 Å². The van der Waals surface area contributed by atoms with E-state index < -0.39 is 18.4 Å². The van der Waals surface area contributed by atoms with Gasteiger partial charge in [0.2, 0.25) is 6.79 Å². The summed E-state index contributed by atoms with van der Waals surface area (Å²) in [6, 6.07) is 9.94. The standard InChI is InChI=1S/C16H12F2N2O5/c17-16(18)25-11-4-2-1-3-10(11)15(22)20-19-14(21)9-5-6-12-13(7-9)24-8-23-12/h1-7,16H,8H2,(H,19,21)(H,20,22). The minimum atomic E-state index is -3.07. The lowest BCUT2D eigenvalue weighted by atomic mass is 10.2. The summed E-state index contributed by atoms with van der Waals surface area (Å²) in [5, 5.41) is 0. The van der Waals surface area contributed by atoms with Crippen molar-refractivity contribution < 1.29 is 32.6 Å². The molecule has 9 heteroatoms. The van der Waals surface area contributed by atoms with Gasteiger partial charge in [-0.2, -0.15) is 8.78 Å². The maximum Gasteiger partial charge on any atom is 0.387 e. The summed E-state index contributed by atoms with van der Waals surface area (Å²) in [6.45, 7) is -3.00. The lowest BCUT2D eigenvalue weighted by Crippen LogP contribution is -2.41. The minimum absolute atomic E-state index is 0.0675. The van der Waals surface area contributed by atoms with Crippen molar-refractivity contribution in [2.24, 2.45) is 0 Å². The Morgan fingerprint density at radius 3 is 2.52 bits per heavy atom. The van der Waals surface area contributed by atoms with Crippen LogP contribution < -0.4 is 25.1 Å². The largest absolute Gasteiger partial charge is 0.454 e. The molecule has 3 rings (SSSR count). The zero-order valence-electron chi connectivity index (χ0n) is 12.6. The van der Waals surface area contributed by atoms with Crippen molar-refractivity contribution in [1.29, 1.82) is 0 Å². The molecule has 25 heavy (non-hydrogen) atoms. The first-order valence-corrected chi connectivity index (χ1v) is 7.09. The van der Waals surface area contributed by atoms with Crippen molar-refractivity contribution in [3.8, 4) is 17.2 Å². The van der Waals surface area contributed by atoms with Gasteiger partial charge in [0.15, 0.2) is 11.5 Å². The lowest BCUT2D eigenvalue weighted by molar-refractivity contribution is -0.0501. The summed E-state index contributed by atoms with van der Waals surface area (Å²) in [5.41, 5.74) is 4.41. The number of hydrogen-bond donors (Lipinski definition) is 2. The predicted molar refractivity (Wildman–Crippen MR) is 80.6 cm³/mol. The van der Waals surface area contributed by atoms with Gasteiger partial charge in [0.05, 0.1) is 5.56 Å². The van der Waals surface area contributed by atoms with Crippen LogP contribution in [0.15, 0.2) is 42.5 Å². The second-order valence-corrected chi connectivity index (χ2v) is 4.85. The number of para-hydroxylation sites is 1. The van der Waals surface area contributed by atoms with Crippen LogP contribution >= 0.6 is 0 Å². The molecule has 0 saturated carbocycles. The van der Waals surface area contributed by atoms with E-state index in [2.05, 4.69) is 15.6 Å². The summed E-state index contributed by atoms with van der Waals surface area (Å²) < 4.78 is 39.3. The van der Waals surface area contributed by atoms with Crippen LogP contribution in [0.4, 0.5) is 8.78 Å². The number of hydrogen-bond acceptors (Lipinski definition) is 5. The Labute approximate surface area is 140 Å². The highest BCUT2D eigenvalue weighted by molar-refractivity contribution is 6.00. The van der Waals surface area contributed by atoms with E-state index in [0.29, 0.717) is 11.5 Å². The maximum atomic E-state index is 12.4. The molecule has 0 unspecified atom stereocenters. The third kappa shape index (κ3) is 3.77. The molecule has 0 spiro atoms. The van der Waals surface area contributed by atoms with Crippen molar-refractivity contribution in [2.45, 2.75) is 6.61 Å². The quantitative estimate of drug-likeness (QED) is 0.825. The van der Waals surface area contributed by atoms with Crippen molar-refractivity contribution in [1.82, 2.24) is 10.9 Å². The van der Waals surface area contributed by atoms with Gasteiger partial charge in [-0.05, 0) is 30.3 Å². The first-order valence-electron chi connectivity index (χ1n) is 7.09. The maximum absolute atomic E-state index is 12.4. The van der Waals surface area contributed by atoms with Crippen molar-refractivity contribution >= 4 is 11.8 Å². The van der Waals surface area contributed by atoms with Crippen LogP contribution in [0, 0.1) is 0 Å². The first-order chi connectivity index (χ1) is 12.0. The lowest BCUT2D eigenvalue weighted by Gasteiger charge is -2.11. The predicted octanol–water partition coefficient (Wildman–Crippen LogP) is 2.09. The number of fused-ring (bicyclic) bond motifs is 1. The first kappa shape index (κ1) is 16.5. The van der Waals surface area contributed by atoms with E-state index in [9.17, 15) is 18.4 Å². The normalized spacial score (nSPS) is 12.0. The van der Waals surface area contributed by atoms with E-state index >= 15 is 0 Å². The minimum Gasteiger partial charge on any atom is -0.454 e. The molecule has 0 radical (unpaired) electrons. The van der Waals surface area contributed by atoms with Gasteiger partial charge in [-0.15, -0.1) is 0 Å². The number of halogens is 2. The number of rotatable bonds is 4. The Kier molecular flexibility index (Phi) is 4.64. The van der Waals surface area contributed by atoms with E-state index in [4.69, 9.17) is 9.47 Å². The van der Waals surface area contributed by atoms with Gasteiger partial charge in [-0.3, -0.25) is 20.4 Å². The van der Waals surface area contributed by atoms with Crippen LogP contribution in [0.3, 0.4) is 0 Å². The third-order valence-electron chi connectivity index (χ3n) is 3.27. The number of benzene rings is 2. The van der Waals surface area contributed by atoms with Gasteiger partial charge < -0.3 is 14.2 Å². The van der Waals surface area contributed by atoms with E-state index in [1.54, 1.807) is 6.07 Å². The number of hydrazine groups is 1. The summed E-state index contributed by atoms with van der Waals surface area (Å²) >= 11 is 0. The Bertz CT molecular complexity index is 813. The topological polar surface area (TPSA) is 85.9 Å². The number of nitrogens with one attached hydrogen (secondary N) is 2. The van der Waals surface area contributed by atoms with E-state index in [-0.39, 0.29) is 23.7 Å². The van der Waals surface area contributed by atoms with Gasteiger partial charge in [-0.1, -0.05) is 12.1 Å². The van der Waals surface area contributed by atoms with Crippen LogP contribution in [0.2, 0.25) is 0 Å². The summed E-state index contributed by atoms with van der Waals surface area (Å²) in [7, 11) is 0. The molecule has 0 bridgehead atoms. The Morgan fingerprint density at radius 1 is 1.00 bits per heavy atom. The smallest absolute Gasteiger partial charge is 0.387 e. The molecule has 1 aliphatic rings. The number of carbonyl (C=O) groups is 2. The molecule has 1 aliphatic heterocycles. The zero-order chi connectivity index (χ0) is 17.8. The molecule has 0 aromatic heterocycles. The van der Waals surface area contributed by atoms with E-state index in [0.717, 1.165) is 0 Å². The van der Waals surface area contributed by atoms with Crippen molar-refractivity contribution in [2.75, 3.05) is 6.79 Å². The fraction of sp³-hybridized carbons (Fsp3) is 0.125. The number of alkyl halides is 2. The van der Waals surface area contributed by atoms with Crippen molar-refractivity contribution in [3.63, 3.8) is 0 Å². The van der Waals surface area contributed by atoms with Gasteiger partial charge >= 0.3 is 6.61 Å². The fourth-order valence-corrected chi connectivity index (χ4v) is 2.14. The fourth-order valence-electron chi connectivity index (χ4n) is 2.14. The highest BCUT2D eigenvalue weighted by atomic mass is 19.3. The highest BCUT2D eigenvalue weighted by Gasteiger charge is 2.18. The van der Waals surface area contributed by atoms with Crippen LogP contribution in [-0.2, 0) is 0 Å². The van der Waals surface area contributed by atoms with Crippen LogP contribution in [0.5, 0.6) is 17.2 Å². The second kappa shape index (κ2) is 7.04. The SMILES string of the molecule is O=C(NNC(=O)c1ccccc1OC(F)F)c1ccc2c(c1)OCO2. The molecule has 1 heterocycles. The second-order valence-electron chi connectivity index (χ2n) is 4.85. The molecule has 2 N–H and O–H groups in total. The number of carbonyl (C=O) groups excluding carboxylic acids is 2. The Balaban J connectivity index is 1.65. The molecule has 2 aromatic carbocycles. The highest BCUT2D eigenvalue weighted by Crippen LogP contribution is 2.32. The Hall–Kier alpha value is -3.36. The summed E-state index contributed by atoms with van der Waals surface area (Å²) in [4.78, 5) is 24.1. The van der Waals surface area contributed by atoms with Gasteiger partial charge in [0, 0.05) is 5.56 Å². The van der Waals surface area contributed by atoms with Gasteiger partial charge in [0.1, 0.15) is 5.75 Å². The van der Waals surface area contributed by atoms with Crippen LogP contribution in [-0.4, -0.2) is 25.2 Å². The van der Waals surface area contributed by atoms with Crippen LogP contribution in [0.1, 0.15) is 20.7 Å². The molecule has 2 aromatic rings. The molecule has 7 nitrogen and oxygen atoms in total. The molecule has 0 saturated heterocycles. The van der Waals surface area contributed by atoms with Gasteiger partial charge in [-0.25, -0.2) is 0 Å². The summed E-state index contributed by atoms with van der Waals surface area (Å²) in [5.74, 6) is -0.787. The molecule has 0 fully saturated rings. The molecular weight excluding hydrogens is 338 g/mol. The Morgan fingerprint density at radius 2 is 1.72 bits per heavy atom. The number of ether oxygens (including phenoxy) is 3. The van der Waals surface area contributed by atoms with Gasteiger partial charge in [0.25, 0.3) is 11.8 Å².